The third kappa shape index (κ3) is 2.24. The van der Waals surface area contributed by atoms with Gasteiger partial charge in [-0.2, -0.15) is 0 Å². The fourth-order valence-electron chi connectivity index (χ4n) is 2.33. The van der Waals surface area contributed by atoms with E-state index in [2.05, 4.69) is 9.97 Å². The lowest BCUT2D eigenvalue weighted by Gasteiger charge is -2.23. The Labute approximate surface area is 121 Å². The van der Waals surface area contributed by atoms with Gasteiger partial charge in [0, 0.05) is 24.9 Å². The average molecular weight is 283 g/mol. The Morgan fingerprint density at radius 2 is 2.00 bits per heavy atom. The third-order valence-corrected chi connectivity index (χ3v) is 3.18. The van der Waals surface area contributed by atoms with Gasteiger partial charge in [-0.15, -0.1) is 0 Å². The molecule has 0 fully saturated rings. The number of fused-ring (bicyclic) bond motifs is 1. The van der Waals surface area contributed by atoms with Crippen LogP contribution in [0.5, 0.6) is 0 Å². The summed E-state index contributed by atoms with van der Waals surface area (Å²) >= 11 is 0. The molecule has 0 bridgehead atoms. The van der Waals surface area contributed by atoms with E-state index < -0.39 is 12.2 Å². The fourth-order valence-corrected chi connectivity index (χ4v) is 2.33. The second-order valence-electron chi connectivity index (χ2n) is 4.77. The van der Waals surface area contributed by atoms with Gasteiger partial charge in [0.25, 0.3) is 0 Å². The van der Waals surface area contributed by atoms with Crippen LogP contribution in [-0.4, -0.2) is 27.9 Å². The number of carbonyl (C=O) groups is 2. The first-order valence-electron chi connectivity index (χ1n) is 6.46. The Kier molecular flexibility index (Phi) is 3.13. The maximum Gasteiger partial charge on any atom is 0.304 e. The maximum absolute atomic E-state index is 12.5. The molecule has 2 heterocycles. The Balaban J connectivity index is 2.14. The summed E-state index contributed by atoms with van der Waals surface area (Å²) in [7, 11) is 0. The predicted octanol–water partition coefficient (Wildman–Crippen LogP) is 2.01. The van der Waals surface area contributed by atoms with Crippen LogP contribution in [0.3, 0.4) is 0 Å². The lowest BCUT2D eigenvalue weighted by atomic mass is 10.1. The van der Waals surface area contributed by atoms with E-state index in [1.165, 1.54) is 6.92 Å². The summed E-state index contributed by atoms with van der Waals surface area (Å²) in [5.74, 6) is -0.477. The second-order valence-corrected chi connectivity index (χ2v) is 4.77. The molecule has 0 saturated heterocycles. The van der Waals surface area contributed by atoms with Crippen LogP contribution in [0, 0.1) is 6.92 Å². The summed E-state index contributed by atoms with van der Waals surface area (Å²) in [4.78, 5) is 33.6. The highest BCUT2D eigenvalue weighted by Crippen LogP contribution is 2.37. The van der Waals surface area contributed by atoms with Crippen LogP contribution in [0.25, 0.3) is 0 Å². The van der Waals surface area contributed by atoms with Gasteiger partial charge in [0.05, 0.1) is 5.69 Å². The standard InChI is InChI=1S/C15H13N3O3/c1-9-4-5-12-11(8-9)13(20)14(21-10(2)19)18(12)15-16-6-3-7-17-15/h3-8,14H,1-2H3. The van der Waals surface area contributed by atoms with Crippen LogP contribution >= 0.6 is 0 Å². The van der Waals surface area contributed by atoms with Crippen LogP contribution < -0.4 is 4.90 Å². The summed E-state index contributed by atoms with van der Waals surface area (Å²) in [5, 5.41) is 0. The number of ketones is 1. The van der Waals surface area contributed by atoms with Crippen molar-refractivity contribution >= 4 is 23.4 Å². The van der Waals surface area contributed by atoms with E-state index in [1.54, 1.807) is 29.4 Å². The lowest BCUT2D eigenvalue weighted by Crippen LogP contribution is -2.36. The molecule has 1 aromatic heterocycles. The van der Waals surface area contributed by atoms with Crippen LogP contribution in [0.15, 0.2) is 36.7 Å². The third-order valence-electron chi connectivity index (χ3n) is 3.18. The van der Waals surface area contributed by atoms with E-state index >= 15 is 0 Å². The van der Waals surface area contributed by atoms with Crippen molar-refractivity contribution in [2.75, 3.05) is 4.90 Å². The number of Topliss-reactive ketones (excluding diaryl/α,β-unsaturated/α-hetero) is 1. The smallest absolute Gasteiger partial charge is 0.304 e. The van der Waals surface area contributed by atoms with Crippen molar-refractivity contribution in [1.29, 1.82) is 0 Å². The fraction of sp³-hybridized carbons (Fsp3) is 0.200. The van der Waals surface area contributed by atoms with Crippen LogP contribution in [0.2, 0.25) is 0 Å². The number of rotatable bonds is 2. The van der Waals surface area contributed by atoms with Crippen molar-refractivity contribution in [3.8, 4) is 0 Å². The monoisotopic (exact) mass is 283 g/mol. The number of aromatic nitrogens is 2. The van der Waals surface area contributed by atoms with Crippen LogP contribution in [-0.2, 0) is 9.53 Å². The average Bonchev–Trinajstić information content (AvgIpc) is 2.72. The van der Waals surface area contributed by atoms with E-state index in [-0.39, 0.29) is 5.78 Å². The van der Waals surface area contributed by atoms with Crippen molar-refractivity contribution in [2.45, 2.75) is 20.1 Å². The van der Waals surface area contributed by atoms with Crippen molar-refractivity contribution in [3.05, 3.63) is 47.8 Å². The molecule has 2 aromatic rings. The van der Waals surface area contributed by atoms with Gasteiger partial charge in [-0.1, -0.05) is 11.6 Å². The number of hydrogen-bond donors (Lipinski definition) is 0. The molecule has 1 aliphatic rings. The zero-order valence-electron chi connectivity index (χ0n) is 11.6. The number of ether oxygens (including phenoxy) is 1. The number of aryl methyl sites for hydroxylation is 1. The molecule has 1 aliphatic heterocycles. The normalized spacial score (nSPS) is 16.8. The highest BCUT2D eigenvalue weighted by molar-refractivity contribution is 6.12. The predicted molar refractivity (Wildman–Crippen MR) is 75.2 cm³/mol. The summed E-state index contributed by atoms with van der Waals surface area (Å²) in [6.45, 7) is 3.17. The molecule has 0 amide bonds. The highest BCUT2D eigenvalue weighted by atomic mass is 16.6. The van der Waals surface area contributed by atoms with Gasteiger partial charge in [0.15, 0.2) is 0 Å². The summed E-state index contributed by atoms with van der Waals surface area (Å²) in [6.07, 6.45) is 2.09. The van der Waals surface area contributed by atoms with Crippen molar-refractivity contribution in [1.82, 2.24) is 9.97 Å². The molecule has 3 rings (SSSR count). The molecular formula is C15H13N3O3. The van der Waals surface area contributed by atoms with E-state index in [9.17, 15) is 9.59 Å². The minimum atomic E-state index is -1.05. The zero-order valence-corrected chi connectivity index (χ0v) is 11.6. The Morgan fingerprint density at radius 3 is 2.67 bits per heavy atom. The second kappa shape index (κ2) is 4.97. The number of anilines is 2. The van der Waals surface area contributed by atoms with Gasteiger partial charge >= 0.3 is 5.97 Å². The summed E-state index contributed by atoms with van der Waals surface area (Å²) < 4.78 is 5.17. The molecule has 1 unspecified atom stereocenters. The summed E-state index contributed by atoms with van der Waals surface area (Å²) in [6, 6.07) is 7.15. The van der Waals surface area contributed by atoms with Gasteiger partial charge < -0.3 is 4.74 Å². The number of hydrogen-bond acceptors (Lipinski definition) is 6. The molecule has 1 atom stereocenters. The largest absolute Gasteiger partial charge is 0.433 e. The SMILES string of the molecule is CC(=O)OC1C(=O)c2cc(C)ccc2N1c1ncccn1. The van der Waals surface area contributed by atoms with Gasteiger partial charge in [-0.05, 0) is 25.1 Å². The molecule has 0 N–H and O–H groups in total. The molecular weight excluding hydrogens is 270 g/mol. The Hall–Kier alpha value is -2.76. The molecule has 6 nitrogen and oxygen atoms in total. The Bertz CT molecular complexity index is 715. The first-order valence-corrected chi connectivity index (χ1v) is 6.46. The molecule has 0 radical (unpaired) electrons. The van der Waals surface area contributed by atoms with Gasteiger partial charge in [0.2, 0.25) is 18.0 Å². The van der Waals surface area contributed by atoms with Crippen LogP contribution in [0.1, 0.15) is 22.8 Å². The van der Waals surface area contributed by atoms with Crippen LogP contribution in [0.4, 0.5) is 11.6 Å². The van der Waals surface area contributed by atoms with E-state index in [4.69, 9.17) is 4.74 Å². The van der Waals surface area contributed by atoms with E-state index in [0.717, 1.165) is 5.56 Å². The van der Waals surface area contributed by atoms with Gasteiger partial charge in [0.1, 0.15) is 0 Å². The highest BCUT2D eigenvalue weighted by Gasteiger charge is 2.41. The number of carbonyl (C=O) groups excluding carboxylic acids is 2. The molecule has 106 valence electrons. The van der Waals surface area contributed by atoms with Crippen molar-refractivity contribution in [2.24, 2.45) is 0 Å². The molecule has 0 spiro atoms. The first kappa shape index (κ1) is 13.2. The molecule has 21 heavy (non-hydrogen) atoms. The number of benzene rings is 1. The van der Waals surface area contributed by atoms with Gasteiger partial charge in [-0.25, -0.2) is 9.97 Å². The Morgan fingerprint density at radius 1 is 1.29 bits per heavy atom. The van der Waals surface area contributed by atoms with Crippen molar-refractivity contribution < 1.29 is 14.3 Å². The minimum Gasteiger partial charge on any atom is -0.433 e. The maximum atomic E-state index is 12.5. The number of nitrogens with zero attached hydrogens (tertiary/aromatic N) is 3. The summed E-state index contributed by atoms with van der Waals surface area (Å²) in [5.41, 5.74) is 2.11. The zero-order chi connectivity index (χ0) is 15.0. The first-order chi connectivity index (χ1) is 10.1. The van der Waals surface area contributed by atoms with E-state index in [1.807, 2.05) is 19.1 Å². The molecule has 1 aromatic carbocycles. The molecule has 0 aliphatic carbocycles. The minimum absolute atomic E-state index is 0.267. The van der Waals surface area contributed by atoms with E-state index in [0.29, 0.717) is 17.2 Å². The molecule has 0 saturated carbocycles. The molecule has 6 heteroatoms. The topological polar surface area (TPSA) is 72.4 Å². The van der Waals surface area contributed by atoms with Gasteiger partial charge in [-0.3, -0.25) is 14.5 Å². The van der Waals surface area contributed by atoms with Crippen molar-refractivity contribution in [3.63, 3.8) is 0 Å². The number of esters is 1. The quantitative estimate of drug-likeness (QED) is 0.785. The lowest BCUT2D eigenvalue weighted by molar-refractivity contribution is -0.143.